The summed E-state index contributed by atoms with van der Waals surface area (Å²) in [7, 11) is 0. The monoisotopic (exact) mass is 398 g/mol. The average molecular weight is 399 g/mol. The first kappa shape index (κ1) is 22.0. The van der Waals surface area contributed by atoms with Gasteiger partial charge in [0, 0.05) is 0 Å². The lowest BCUT2D eigenvalue weighted by Gasteiger charge is -2.48. The molecular formula is C25H34O4. The van der Waals surface area contributed by atoms with Crippen molar-refractivity contribution in [2.24, 2.45) is 5.92 Å². The molecule has 158 valence electrons. The maximum Gasteiger partial charge on any atom is 0.119 e. The summed E-state index contributed by atoms with van der Waals surface area (Å²) in [5, 5.41) is 11.7. The minimum atomic E-state index is -1.08. The molecule has 1 saturated heterocycles. The predicted octanol–water partition coefficient (Wildman–Crippen LogP) is 4.74. The highest BCUT2D eigenvalue weighted by Gasteiger charge is 2.51. The van der Waals surface area contributed by atoms with E-state index in [1.807, 2.05) is 67.6 Å². The molecule has 0 radical (unpaired) electrons. The minimum Gasteiger partial charge on any atom is -0.384 e. The lowest BCUT2D eigenvalue weighted by molar-refractivity contribution is -0.268. The highest BCUT2D eigenvalue weighted by Crippen LogP contribution is 2.35. The second kappa shape index (κ2) is 10.4. The van der Waals surface area contributed by atoms with E-state index in [9.17, 15) is 5.11 Å². The second-order valence-corrected chi connectivity index (χ2v) is 8.45. The van der Waals surface area contributed by atoms with Gasteiger partial charge in [-0.2, -0.15) is 0 Å². The molecule has 2 aromatic rings. The summed E-state index contributed by atoms with van der Waals surface area (Å²) in [6.45, 7) is 7.59. The number of hydrogen-bond acceptors (Lipinski definition) is 4. The summed E-state index contributed by atoms with van der Waals surface area (Å²) in [4.78, 5) is 0. The Kier molecular flexibility index (Phi) is 7.84. The van der Waals surface area contributed by atoms with Gasteiger partial charge in [0.15, 0.2) is 0 Å². The van der Waals surface area contributed by atoms with Gasteiger partial charge in [-0.3, -0.25) is 0 Å². The van der Waals surface area contributed by atoms with E-state index in [0.29, 0.717) is 32.2 Å². The lowest BCUT2D eigenvalue weighted by atomic mass is 9.80. The van der Waals surface area contributed by atoms with E-state index in [-0.39, 0.29) is 12.2 Å². The molecule has 1 aliphatic rings. The Labute approximate surface area is 174 Å². The summed E-state index contributed by atoms with van der Waals surface area (Å²) in [5.74, 6) is 0.492. The van der Waals surface area contributed by atoms with E-state index in [1.54, 1.807) is 0 Å². The van der Waals surface area contributed by atoms with Gasteiger partial charge in [-0.05, 0) is 36.8 Å². The van der Waals surface area contributed by atoms with Crippen LogP contribution in [0.15, 0.2) is 60.7 Å². The van der Waals surface area contributed by atoms with Crippen molar-refractivity contribution in [3.05, 3.63) is 71.8 Å². The number of ether oxygens (including phenoxy) is 3. The van der Waals surface area contributed by atoms with Crippen LogP contribution in [0.5, 0.6) is 0 Å². The molecule has 29 heavy (non-hydrogen) atoms. The molecule has 2 unspecified atom stereocenters. The summed E-state index contributed by atoms with van der Waals surface area (Å²) < 4.78 is 18.5. The van der Waals surface area contributed by atoms with Crippen molar-refractivity contribution in [3.8, 4) is 0 Å². The third-order valence-corrected chi connectivity index (χ3v) is 5.75. The third kappa shape index (κ3) is 5.89. The Morgan fingerprint density at radius 1 is 0.966 bits per heavy atom. The largest absolute Gasteiger partial charge is 0.384 e. The minimum absolute atomic E-state index is 0.307. The van der Waals surface area contributed by atoms with E-state index in [1.165, 1.54) is 0 Å². The van der Waals surface area contributed by atoms with Crippen LogP contribution in [0.2, 0.25) is 0 Å². The van der Waals surface area contributed by atoms with E-state index in [4.69, 9.17) is 14.2 Å². The summed E-state index contributed by atoms with van der Waals surface area (Å²) >= 11 is 0. The van der Waals surface area contributed by atoms with Crippen molar-refractivity contribution in [2.45, 2.75) is 70.7 Å². The van der Waals surface area contributed by atoms with Crippen LogP contribution in [0.25, 0.3) is 0 Å². The molecule has 0 aromatic heterocycles. The molecular weight excluding hydrogens is 364 g/mol. The average Bonchev–Trinajstić information content (AvgIpc) is 2.74. The maximum atomic E-state index is 11.7. The molecule has 0 aliphatic carbocycles. The van der Waals surface area contributed by atoms with Crippen LogP contribution < -0.4 is 0 Å². The molecule has 3 rings (SSSR count). The topological polar surface area (TPSA) is 47.9 Å². The quantitative estimate of drug-likeness (QED) is 0.663. The standard InChI is InChI=1S/C25H34O4/c1-19(2)14-15-25(26)20(3)27-18-23(28-16-21-10-6-4-7-11-21)24(25)29-17-22-12-8-5-9-13-22/h4-13,19-20,23-24,26H,14-18H2,1-3H3/t20?,23-,24?,25+/m0/s1. The van der Waals surface area contributed by atoms with E-state index in [0.717, 1.165) is 17.5 Å². The molecule has 0 saturated carbocycles. The molecule has 1 N–H and O–H groups in total. The molecule has 4 heteroatoms. The number of benzene rings is 2. The van der Waals surface area contributed by atoms with E-state index < -0.39 is 11.7 Å². The Morgan fingerprint density at radius 2 is 1.52 bits per heavy atom. The summed E-state index contributed by atoms with van der Waals surface area (Å²) in [6.07, 6.45) is 0.442. The Bertz CT molecular complexity index is 718. The molecule has 2 aromatic carbocycles. The van der Waals surface area contributed by atoms with Gasteiger partial charge in [0.05, 0.1) is 25.9 Å². The zero-order valence-corrected chi connectivity index (χ0v) is 17.8. The van der Waals surface area contributed by atoms with Crippen molar-refractivity contribution < 1.29 is 19.3 Å². The SMILES string of the molecule is CC(C)CC[C@@]1(O)C(C)OC[C@H](OCc2ccccc2)C1OCc1ccccc1. The van der Waals surface area contributed by atoms with Crippen molar-refractivity contribution in [2.75, 3.05) is 6.61 Å². The fourth-order valence-corrected chi connectivity index (χ4v) is 3.81. The van der Waals surface area contributed by atoms with Gasteiger partial charge in [-0.25, -0.2) is 0 Å². The molecule has 4 nitrogen and oxygen atoms in total. The summed E-state index contributed by atoms with van der Waals surface area (Å²) in [5.41, 5.74) is 1.09. The maximum absolute atomic E-state index is 11.7. The highest BCUT2D eigenvalue weighted by atomic mass is 16.6. The fraction of sp³-hybridized carbons (Fsp3) is 0.520. The van der Waals surface area contributed by atoms with Gasteiger partial charge < -0.3 is 19.3 Å². The molecule has 1 heterocycles. The second-order valence-electron chi connectivity index (χ2n) is 8.45. The van der Waals surface area contributed by atoms with Gasteiger partial charge >= 0.3 is 0 Å². The van der Waals surface area contributed by atoms with Crippen LogP contribution in [0.1, 0.15) is 44.7 Å². The van der Waals surface area contributed by atoms with Crippen LogP contribution in [0, 0.1) is 5.92 Å². The number of rotatable bonds is 9. The van der Waals surface area contributed by atoms with E-state index >= 15 is 0 Å². The summed E-state index contributed by atoms with van der Waals surface area (Å²) in [6, 6.07) is 20.1. The highest BCUT2D eigenvalue weighted by molar-refractivity contribution is 5.15. The first-order chi connectivity index (χ1) is 14.0. The zero-order valence-electron chi connectivity index (χ0n) is 17.8. The first-order valence-electron chi connectivity index (χ1n) is 10.6. The Morgan fingerprint density at radius 3 is 2.07 bits per heavy atom. The van der Waals surface area contributed by atoms with Gasteiger partial charge in [0.1, 0.15) is 17.8 Å². The van der Waals surface area contributed by atoms with Crippen LogP contribution in [0.4, 0.5) is 0 Å². The van der Waals surface area contributed by atoms with Crippen LogP contribution in [-0.4, -0.2) is 35.6 Å². The lowest BCUT2D eigenvalue weighted by Crippen LogP contribution is -2.63. The number of hydrogen-bond donors (Lipinski definition) is 1. The van der Waals surface area contributed by atoms with Crippen molar-refractivity contribution in [1.82, 2.24) is 0 Å². The molecule has 4 atom stereocenters. The first-order valence-corrected chi connectivity index (χ1v) is 10.6. The Hall–Kier alpha value is -1.72. The van der Waals surface area contributed by atoms with Crippen molar-refractivity contribution in [3.63, 3.8) is 0 Å². The van der Waals surface area contributed by atoms with Crippen LogP contribution >= 0.6 is 0 Å². The molecule has 0 spiro atoms. The smallest absolute Gasteiger partial charge is 0.119 e. The van der Waals surface area contributed by atoms with E-state index in [2.05, 4.69) is 13.8 Å². The fourth-order valence-electron chi connectivity index (χ4n) is 3.81. The van der Waals surface area contributed by atoms with Crippen LogP contribution in [-0.2, 0) is 27.4 Å². The molecule has 0 bridgehead atoms. The Balaban J connectivity index is 1.76. The molecule has 1 aliphatic heterocycles. The predicted molar refractivity (Wildman–Crippen MR) is 114 cm³/mol. The third-order valence-electron chi connectivity index (χ3n) is 5.75. The van der Waals surface area contributed by atoms with Crippen molar-refractivity contribution in [1.29, 1.82) is 0 Å². The zero-order chi connectivity index (χ0) is 20.7. The molecule has 1 fully saturated rings. The van der Waals surface area contributed by atoms with Crippen molar-refractivity contribution >= 4 is 0 Å². The van der Waals surface area contributed by atoms with Crippen LogP contribution in [0.3, 0.4) is 0 Å². The molecule has 0 amide bonds. The van der Waals surface area contributed by atoms with Gasteiger partial charge in [0.2, 0.25) is 0 Å². The van der Waals surface area contributed by atoms with Gasteiger partial charge in [-0.1, -0.05) is 74.5 Å². The normalized spacial score (nSPS) is 27.3. The number of aliphatic hydroxyl groups is 1. The van der Waals surface area contributed by atoms with Gasteiger partial charge in [0.25, 0.3) is 0 Å². The van der Waals surface area contributed by atoms with Gasteiger partial charge in [-0.15, -0.1) is 0 Å².